The molecule has 0 bridgehead atoms. The summed E-state index contributed by atoms with van der Waals surface area (Å²) in [6, 6.07) is 14.6. The van der Waals surface area contributed by atoms with Crippen LogP contribution in [0.3, 0.4) is 0 Å². The first kappa shape index (κ1) is 19.7. The van der Waals surface area contributed by atoms with Gasteiger partial charge >= 0.3 is 0 Å². The summed E-state index contributed by atoms with van der Waals surface area (Å²) in [5, 5.41) is 3.12. The molecule has 2 aromatic carbocycles. The minimum Gasteiger partial charge on any atom is -0.497 e. The topological polar surface area (TPSA) is 73.2 Å². The number of carbonyl (C=O) groups is 2. The molecule has 28 heavy (non-hydrogen) atoms. The minimum absolute atomic E-state index is 0.00339. The molecule has 0 saturated heterocycles. The second-order valence-corrected chi connectivity index (χ2v) is 7.47. The molecule has 0 saturated carbocycles. The largest absolute Gasteiger partial charge is 0.497 e. The van der Waals surface area contributed by atoms with Crippen LogP contribution in [-0.4, -0.2) is 33.6 Å². The van der Waals surface area contributed by atoms with Gasteiger partial charge in [-0.3, -0.25) is 14.2 Å². The Hall–Kier alpha value is -3.06. The molecule has 1 N–H and O–H groups in total. The lowest BCUT2D eigenvalue weighted by molar-refractivity contribution is -0.114. The Labute approximate surface area is 167 Å². The molecule has 1 aromatic heterocycles. The third-order valence-electron chi connectivity index (χ3n) is 4.10. The number of hydrogen-bond acceptors (Lipinski definition) is 5. The number of Topliss-reactive ketones (excluding diaryl/α,β-unsaturated/α-hetero) is 1. The van der Waals surface area contributed by atoms with Crippen molar-refractivity contribution in [2.24, 2.45) is 0 Å². The van der Waals surface area contributed by atoms with Crippen molar-refractivity contribution >= 4 is 29.1 Å². The van der Waals surface area contributed by atoms with Crippen molar-refractivity contribution in [3.63, 3.8) is 0 Å². The highest BCUT2D eigenvalue weighted by Crippen LogP contribution is 2.27. The Morgan fingerprint density at radius 2 is 1.79 bits per heavy atom. The molecule has 0 aliphatic heterocycles. The number of imidazole rings is 1. The molecule has 7 heteroatoms. The Kier molecular flexibility index (Phi) is 6.16. The normalized spacial score (nSPS) is 11.7. The number of rotatable bonds is 7. The van der Waals surface area contributed by atoms with E-state index in [1.165, 1.54) is 18.7 Å². The average Bonchev–Trinajstić information content (AvgIpc) is 3.15. The van der Waals surface area contributed by atoms with Crippen LogP contribution in [-0.2, 0) is 4.79 Å². The highest BCUT2D eigenvalue weighted by atomic mass is 32.2. The first-order valence-electron chi connectivity index (χ1n) is 8.74. The number of anilines is 1. The van der Waals surface area contributed by atoms with E-state index in [9.17, 15) is 9.59 Å². The van der Waals surface area contributed by atoms with Gasteiger partial charge < -0.3 is 10.1 Å². The lowest BCUT2D eigenvalue weighted by Gasteiger charge is -2.13. The van der Waals surface area contributed by atoms with Crippen LogP contribution in [0.2, 0.25) is 0 Å². The van der Waals surface area contributed by atoms with Gasteiger partial charge in [0.15, 0.2) is 10.9 Å². The van der Waals surface area contributed by atoms with Crippen molar-refractivity contribution in [2.75, 3.05) is 12.4 Å². The van der Waals surface area contributed by atoms with Gasteiger partial charge in [-0.2, -0.15) is 0 Å². The van der Waals surface area contributed by atoms with E-state index >= 15 is 0 Å². The van der Waals surface area contributed by atoms with E-state index in [1.807, 2.05) is 42.0 Å². The first-order valence-corrected chi connectivity index (χ1v) is 9.62. The Balaban J connectivity index is 1.72. The zero-order chi connectivity index (χ0) is 20.1. The lowest BCUT2D eigenvalue weighted by Crippen LogP contribution is -2.14. The second-order valence-electron chi connectivity index (χ2n) is 6.16. The molecule has 1 unspecified atom stereocenters. The van der Waals surface area contributed by atoms with Crippen molar-refractivity contribution < 1.29 is 14.3 Å². The molecule has 0 aliphatic rings. The number of benzene rings is 2. The fourth-order valence-corrected chi connectivity index (χ4v) is 3.64. The summed E-state index contributed by atoms with van der Waals surface area (Å²) in [5.74, 6) is 0.640. The molecule has 0 spiro atoms. The summed E-state index contributed by atoms with van der Waals surface area (Å²) in [4.78, 5) is 28.3. The van der Waals surface area contributed by atoms with Gasteiger partial charge in [-0.1, -0.05) is 11.8 Å². The molecule has 144 valence electrons. The smallest absolute Gasteiger partial charge is 0.221 e. The minimum atomic E-state index is -0.314. The van der Waals surface area contributed by atoms with Crippen molar-refractivity contribution in [3.8, 4) is 11.4 Å². The highest BCUT2D eigenvalue weighted by Gasteiger charge is 2.19. The maximum absolute atomic E-state index is 12.8. The molecule has 0 radical (unpaired) electrons. The van der Waals surface area contributed by atoms with E-state index in [1.54, 1.807) is 37.6 Å². The van der Waals surface area contributed by atoms with E-state index in [4.69, 9.17) is 4.74 Å². The average molecular weight is 395 g/mol. The second kappa shape index (κ2) is 8.75. The van der Waals surface area contributed by atoms with Crippen LogP contribution >= 0.6 is 11.8 Å². The summed E-state index contributed by atoms with van der Waals surface area (Å²) in [6.07, 6.45) is 3.58. The van der Waals surface area contributed by atoms with Crippen LogP contribution in [0, 0.1) is 0 Å². The van der Waals surface area contributed by atoms with E-state index in [0.717, 1.165) is 16.6 Å². The highest BCUT2D eigenvalue weighted by molar-refractivity contribution is 8.00. The third-order valence-corrected chi connectivity index (χ3v) is 5.18. The van der Waals surface area contributed by atoms with Gasteiger partial charge in [0.1, 0.15) is 5.75 Å². The monoisotopic (exact) mass is 395 g/mol. The Bertz CT molecular complexity index is 965. The zero-order valence-corrected chi connectivity index (χ0v) is 16.7. The van der Waals surface area contributed by atoms with E-state index in [-0.39, 0.29) is 16.9 Å². The number of ketones is 1. The van der Waals surface area contributed by atoms with Crippen LogP contribution in [0.4, 0.5) is 5.69 Å². The van der Waals surface area contributed by atoms with Crippen LogP contribution in [0.5, 0.6) is 5.75 Å². The van der Waals surface area contributed by atoms with Crippen molar-refractivity contribution in [2.45, 2.75) is 24.3 Å². The van der Waals surface area contributed by atoms with Crippen LogP contribution in [0.1, 0.15) is 24.2 Å². The molecule has 0 aliphatic carbocycles. The van der Waals surface area contributed by atoms with E-state index < -0.39 is 0 Å². The Morgan fingerprint density at radius 1 is 1.11 bits per heavy atom. The number of nitrogens with one attached hydrogen (secondary N) is 1. The summed E-state index contributed by atoms with van der Waals surface area (Å²) >= 11 is 1.40. The number of ether oxygens (including phenoxy) is 1. The molecular formula is C21H21N3O3S. The zero-order valence-electron chi connectivity index (χ0n) is 15.9. The van der Waals surface area contributed by atoms with Crippen molar-refractivity contribution in [3.05, 3.63) is 66.5 Å². The maximum atomic E-state index is 12.8. The SMILES string of the molecule is COc1ccc(-n2ccnc2SC(C)C(=O)c2ccc(NC(C)=O)cc2)cc1. The van der Waals surface area contributed by atoms with Crippen molar-refractivity contribution in [1.29, 1.82) is 0 Å². The summed E-state index contributed by atoms with van der Waals surface area (Å²) in [7, 11) is 1.63. The number of nitrogens with zero attached hydrogens (tertiary/aromatic N) is 2. The van der Waals surface area contributed by atoms with Gasteiger partial charge in [-0.05, 0) is 55.5 Å². The fourth-order valence-electron chi connectivity index (χ4n) is 2.68. The molecule has 1 atom stereocenters. The van der Waals surface area contributed by atoms with Crippen molar-refractivity contribution in [1.82, 2.24) is 9.55 Å². The molecule has 3 aromatic rings. The number of methoxy groups -OCH3 is 1. The molecule has 1 heterocycles. The van der Waals surface area contributed by atoms with Gasteiger partial charge in [0, 0.05) is 36.3 Å². The molecular weight excluding hydrogens is 374 g/mol. The summed E-state index contributed by atoms with van der Waals surface area (Å²) < 4.78 is 7.13. The quantitative estimate of drug-likeness (QED) is 0.479. The number of amides is 1. The number of carbonyl (C=O) groups excluding carboxylic acids is 2. The lowest BCUT2D eigenvalue weighted by atomic mass is 10.1. The molecule has 1 amide bonds. The summed E-state index contributed by atoms with van der Waals surface area (Å²) in [5.41, 5.74) is 2.20. The fraction of sp³-hybridized carbons (Fsp3) is 0.190. The van der Waals surface area contributed by atoms with Gasteiger partial charge in [-0.25, -0.2) is 4.98 Å². The van der Waals surface area contributed by atoms with Gasteiger partial charge in [0.2, 0.25) is 5.91 Å². The van der Waals surface area contributed by atoms with Crippen LogP contribution in [0.25, 0.3) is 5.69 Å². The van der Waals surface area contributed by atoms with Gasteiger partial charge in [-0.15, -0.1) is 0 Å². The van der Waals surface area contributed by atoms with Crippen LogP contribution < -0.4 is 10.1 Å². The standard InChI is InChI=1S/C21H21N3O3S/c1-14(20(26)16-4-6-17(7-5-16)23-15(2)25)28-21-22-12-13-24(21)18-8-10-19(27-3)11-9-18/h4-14H,1-3H3,(H,23,25). The predicted molar refractivity (Wildman–Crippen MR) is 111 cm³/mol. The maximum Gasteiger partial charge on any atom is 0.221 e. The number of thioether (sulfide) groups is 1. The predicted octanol–water partition coefficient (Wildman–Crippen LogP) is 4.20. The number of hydrogen-bond donors (Lipinski definition) is 1. The Morgan fingerprint density at radius 3 is 2.39 bits per heavy atom. The van der Waals surface area contributed by atoms with Crippen LogP contribution in [0.15, 0.2) is 66.1 Å². The summed E-state index contributed by atoms with van der Waals surface area (Å²) in [6.45, 7) is 3.31. The third kappa shape index (κ3) is 4.61. The molecule has 6 nitrogen and oxygen atoms in total. The number of aromatic nitrogens is 2. The molecule has 3 rings (SSSR count). The van der Waals surface area contributed by atoms with Gasteiger partial charge in [0.25, 0.3) is 0 Å². The van der Waals surface area contributed by atoms with E-state index in [2.05, 4.69) is 10.3 Å². The first-order chi connectivity index (χ1) is 13.5. The van der Waals surface area contributed by atoms with Gasteiger partial charge in [0.05, 0.1) is 12.4 Å². The van der Waals surface area contributed by atoms with E-state index in [0.29, 0.717) is 11.3 Å². The molecule has 0 fully saturated rings.